The van der Waals surface area contributed by atoms with Gasteiger partial charge in [0.05, 0.1) is 23.5 Å². The Morgan fingerprint density at radius 2 is 2.10 bits per heavy atom. The third-order valence-electron chi connectivity index (χ3n) is 2.74. The molecule has 0 fully saturated rings. The molecule has 0 saturated carbocycles. The van der Waals surface area contributed by atoms with E-state index >= 15 is 0 Å². The average molecular weight is 403 g/mol. The summed E-state index contributed by atoms with van der Waals surface area (Å²) in [6.45, 7) is 1.80. The zero-order chi connectivity index (χ0) is 14.9. The van der Waals surface area contributed by atoms with Crippen molar-refractivity contribution in [3.63, 3.8) is 0 Å². The molecule has 0 spiro atoms. The van der Waals surface area contributed by atoms with Crippen molar-refractivity contribution < 1.29 is 4.92 Å². The van der Waals surface area contributed by atoms with Gasteiger partial charge in [-0.25, -0.2) is 4.98 Å². The maximum Gasteiger partial charge on any atom is 0.275 e. The Labute approximate surface area is 130 Å². The molecule has 6 nitrogen and oxygen atoms in total. The topological polar surface area (TPSA) is 78.0 Å². The van der Waals surface area contributed by atoms with Gasteiger partial charge in [0.25, 0.3) is 11.2 Å². The normalized spacial score (nSPS) is 10.6. The van der Waals surface area contributed by atoms with Crippen LogP contribution in [0, 0.1) is 17.0 Å². The van der Waals surface area contributed by atoms with Crippen LogP contribution in [0.15, 0.2) is 38.3 Å². The minimum absolute atomic E-state index is 0.0389. The van der Waals surface area contributed by atoms with Crippen molar-refractivity contribution in [2.45, 2.75) is 13.5 Å². The van der Waals surface area contributed by atoms with Crippen molar-refractivity contribution in [1.29, 1.82) is 0 Å². The van der Waals surface area contributed by atoms with Crippen molar-refractivity contribution in [2.24, 2.45) is 0 Å². The third-order valence-corrected chi connectivity index (χ3v) is 4.15. The Morgan fingerprint density at radius 1 is 1.40 bits per heavy atom. The van der Waals surface area contributed by atoms with E-state index in [2.05, 4.69) is 36.8 Å². The SMILES string of the molecule is Cc1ncn(Cc2ccc(Br)cc2[N+](=O)[O-])c(=O)c1Br. The molecule has 20 heavy (non-hydrogen) atoms. The molecule has 0 aliphatic carbocycles. The number of rotatable bonds is 3. The minimum atomic E-state index is -0.470. The molecule has 0 amide bonds. The fourth-order valence-corrected chi connectivity index (χ4v) is 2.36. The van der Waals surface area contributed by atoms with Crippen molar-refractivity contribution in [1.82, 2.24) is 9.55 Å². The van der Waals surface area contributed by atoms with Gasteiger partial charge in [-0.05, 0) is 35.0 Å². The van der Waals surface area contributed by atoms with Gasteiger partial charge in [-0.2, -0.15) is 0 Å². The van der Waals surface area contributed by atoms with E-state index in [-0.39, 0.29) is 17.8 Å². The van der Waals surface area contributed by atoms with E-state index in [1.54, 1.807) is 19.1 Å². The standard InChI is InChI=1S/C12H9Br2N3O3/c1-7-11(14)12(18)16(6-15-7)5-8-2-3-9(13)4-10(8)17(19)20/h2-4,6H,5H2,1H3. The van der Waals surface area contributed by atoms with Crippen LogP contribution in [-0.2, 0) is 6.54 Å². The summed E-state index contributed by atoms with van der Waals surface area (Å²) in [7, 11) is 0. The maximum absolute atomic E-state index is 12.0. The number of nitrogens with zero attached hydrogens (tertiary/aromatic N) is 3. The Hall–Kier alpha value is -1.54. The van der Waals surface area contributed by atoms with Gasteiger partial charge in [0.1, 0.15) is 4.47 Å². The summed E-state index contributed by atoms with van der Waals surface area (Å²) in [5, 5.41) is 11.0. The van der Waals surface area contributed by atoms with Crippen molar-refractivity contribution in [2.75, 3.05) is 0 Å². The predicted molar refractivity (Wildman–Crippen MR) is 80.8 cm³/mol. The average Bonchev–Trinajstić information content (AvgIpc) is 2.41. The molecular formula is C12H9Br2N3O3. The first-order valence-corrected chi connectivity index (χ1v) is 7.13. The van der Waals surface area contributed by atoms with Gasteiger partial charge in [0.15, 0.2) is 0 Å². The first-order valence-electron chi connectivity index (χ1n) is 5.54. The highest BCUT2D eigenvalue weighted by Gasteiger charge is 2.15. The van der Waals surface area contributed by atoms with Crippen LogP contribution in [0.5, 0.6) is 0 Å². The second-order valence-electron chi connectivity index (χ2n) is 4.11. The molecule has 0 saturated heterocycles. The van der Waals surface area contributed by atoms with E-state index in [1.165, 1.54) is 17.0 Å². The van der Waals surface area contributed by atoms with Crippen LogP contribution in [0.3, 0.4) is 0 Å². The zero-order valence-electron chi connectivity index (χ0n) is 10.3. The molecule has 0 unspecified atom stereocenters. The fourth-order valence-electron chi connectivity index (χ4n) is 1.68. The van der Waals surface area contributed by atoms with Gasteiger partial charge < -0.3 is 0 Å². The van der Waals surface area contributed by atoms with Crippen LogP contribution >= 0.6 is 31.9 Å². The van der Waals surface area contributed by atoms with Gasteiger partial charge in [-0.3, -0.25) is 19.5 Å². The molecule has 2 rings (SSSR count). The van der Waals surface area contributed by atoms with Crippen LogP contribution in [0.2, 0.25) is 0 Å². The molecule has 0 atom stereocenters. The van der Waals surface area contributed by atoms with Crippen LogP contribution in [-0.4, -0.2) is 14.5 Å². The summed E-state index contributed by atoms with van der Waals surface area (Å²) in [5.41, 5.74) is 0.715. The smallest absolute Gasteiger partial charge is 0.275 e. The third kappa shape index (κ3) is 2.96. The van der Waals surface area contributed by atoms with Crippen LogP contribution in [0.1, 0.15) is 11.3 Å². The minimum Gasteiger partial charge on any atom is -0.294 e. The maximum atomic E-state index is 12.0. The number of hydrogen-bond donors (Lipinski definition) is 0. The lowest BCUT2D eigenvalue weighted by molar-refractivity contribution is -0.385. The predicted octanol–water partition coefficient (Wildman–Crippen LogP) is 3.03. The summed E-state index contributed by atoms with van der Waals surface area (Å²) in [6, 6.07) is 4.73. The zero-order valence-corrected chi connectivity index (χ0v) is 13.5. The second kappa shape index (κ2) is 5.84. The van der Waals surface area contributed by atoms with E-state index in [0.717, 1.165) is 0 Å². The number of halogens is 2. The van der Waals surface area contributed by atoms with E-state index in [0.29, 0.717) is 20.2 Å². The molecule has 0 radical (unpaired) electrons. The number of aromatic nitrogens is 2. The highest BCUT2D eigenvalue weighted by Crippen LogP contribution is 2.24. The van der Waals surface area contributed by atoms with E-state index in [4.69, 9.17) is 0 Å². The second-order valence-corrected chi connectivity index (χ2v) is 5.82. The lowest BCUT2D eigenvalue weighted by atomic mass is 10.2. The summed E-state index contributed by atoms with van der Waals surface area (Å²) >= 11 is 6.36. The number of benzene rings is 1. The van der Waals surface area contributed by atoms with Crippen LogP contribution in [0.25, 0.3) is 0 Å². The lowest BCUT2D eigenvalue weighted by Gasteiger charge is -2.08. The fraction of sp³-hybridized carbons (Fsp3) is 0.167. The Balaban J connectivity index is 2.48. The number of nitro benzene ring substituents is 1. The molecule has 0 N–H and O–H groups in total. The Kier molecular flexibility index (Phi) is 4.34. The quantitative estimate of drug-likeness (QED) is 0.583. The first kappa shape index (κ1) is 14.9. The highest BCUT2D eigenvalue weighted by atomic mass is 79.9. The lowest BCUT2D eigenvalue weighted by Crippen LogP contribution is -2.23. The molecule has 0 bridgehead atoms. The monoisotopic (exact) mass is 401 g/mol. The van der Waals surface area contributed by atoms with Gasteiger partial charge in [0.2, 0.25) is 0 Å². The molecule has 104 valence electrons. The first-order chi connectivity index (χ1) is 9.40. The van der Waals surface area contributed by atoms with E-state index in [9.17, 15) is 14.9 Å². The van der Waals surface area contributed by atoms with Crippen molar-refractivity contribution in [3.8, 4) is 0 Å². The Morgan fingerprint density at radius 3 is 2.75 bits per heavy atom. The van der Waals surface area contributed by atoms with E-state index in [1.807, 2.05) is 0 Å². The highest BCUT2D eigenvalue weighted by molar-refractivity contribution is 9.10. The Bertz CT molecular complexity index is 743. The number of aryl methyl sites for hydroxylation is 1. The van der Waals surface area contributed by atoms with Crippen LogP contribution in [0.4, 0.5) is 5.69 Å². The molecule has 0 aliphatic heterocycles. The molecule has 8 heteroatoms. The largest absolute Gasteiger partial charge is 0.294 e. The summed E-state index contributed by atoms with van der Waals surface area (Å²) in [6.07, 6.45) is 1.38. The molecular weight excluding hydrogens is 394 g/mol. The summed E-state index contributed by atoms with van der Waals surface area (Å²) in [5.74, 6) is 0. The van der Waals surface area contributed by atoms with Crippen molar-refractivity contribution >= 4 is 37.5 Å². The van der Waals surface area contributed by atoms with Crippen molar-refractivity contribution in [3.05, 3.63) is 65.2 Å². The summed E-state index contributed by atoms with van der Waals surface area (Å²) < 4.78 is 2.30. The molecule has 0 aliphatic rings. The van der Waals surface area contributed by atoms with Crippen LogP contribution < -0.4 is 5.56 Å². The van der Waals surface area contributed by atoms with E-state index < -0.39 is 4.92 Å². The molecule has 1 heterocycles. The van der Waals surface area contributed by atoms with Gasteiger partial charge in [-0.1, -0.05) is 15.9 Å². The molecule has 2 aromatic rings. The number of nitro groups is 1. The summed E-state index contributed by atoms with van der Waals surface area (Å²) in [4.78, 5) is 26.7. The van der Waals surface area contributed by atoms with Gasteiger partial charge in [-0.15, -0.1) is 0 Å². The van der Waals surface area contributed by atoms with Gasteiger partial charge in [0, 0.05) is 16.1 Å². The molecule has 1 aromatic carbocycles. The molecule has 1 aromatic heterocycles. The number of hydrogen-bond acceptors (Lipinski definition) is 4. The van der Waals surface area contributed by atoms with Gasteiger partial charge >= 0.3 is 0 Å².